The van der Waals surface area contributed by atoms with E-state index in [9.17, 15) is 18.4 Å². The van der Waals surface area contributed by atoms with Gasteiger partial charge in [-0.2, -0.15) is 5.10 Å². The summed E-state index contributed by atoms with van der Waals surface area (Å²) in [6.07, 6.45) is -0.409. The number of carbonyl (C=O) groups excluding carboxylic acids is 1. The molecule has 1 heterocycles. The van der Waals surface area contributed by atoms with E-state index < -0.39 is 17.7 Å². The number of ether oxygens (including phenoxy) is 1. The van der Waals surface area contributed by atoms with E-state index in [1.165, 1.54) is 28.9 Å². The average Bonchev–Trinajstić information content (AvgIpc) is 2.81. The van der Waals surface area contributed by atoms with Crippen LogP contribution in [0.4, 0.5) is 25.0 Å². The molecule has 0 saturated heterocycles. The second-order valence-corrected chi connectivity index (χ2v) is 8.13. The highest BCUT2D eigenvalue weighted by Gasteiger charge is 2.13. The van der Waals surface area contributed by atoms with Crippen LogP contribution in [-0.2, 0) is 11.3 Å². The number of anilines is 2. The summed E-state index contributed by atoms with van der Waals surface area (Å²) < 4.78 is 34.3. The minimum absolute atomic E-state index is 0.153. The van der Waals surface area contributed by atoms with Crippen LogP contribution in [0.25, 0.3) is 11.3 Å². The summed E-state index contributed by atoms with van der Waals surface area (Å²) in [7, 11) is 3.76. The van der Waals surface area contributed by atoms with Crippen molar-refractivity contribution >= 4 is 17.5 Å². The first-order valence-corrected chi connectivity index (χ1v) is 11.6. The van der Waals surface area contributed by atoms with Gasteiger partial charge in [0, 0.05) is 37.0 Å². The van der Waals surface area contributed by atoms with E-state index in [0.717, 1.165) is 11.3 Å². The Morgan fingerprint density at radius 2 is 1.78 bits per heavy atom. The molecule has 8 nitrogen and oxygen atoms in total. The molecule has 0 aliphatic heterocycles. The van der Waals surface area contributed by atoms with E-state index in [1.54, 1.807) is 13.8 Å². The number of hydrogen-bond donors (Lipinski definition) is 2. The van der Waals surface area contributed by atoms with E-state index in [4.69, 9.17) is 4.74 Å². The van der Waals surface area contributed by atoms with Crippen molar-refractivity contribution in [1.82, 2.24) is 14.7 Å². The Bertz CT molecular complexity index is 1190. The zero-order valence-corrected chi connectivity index (χ0v) is 21.3. The molecule has 0 bridgehead atoms. The fourth-order valence-corrected chi connectivity index (χ4v) is 3.13. The first kappa shape index (κ1) is 28.4. The van der Waals surface area contributed by atoms with E-state index >= 15 is 0 Å². The lowest BCUT2D eigenvalue weighted by molar-refractivity contribution is 0.168. The summed E-state index contributed by atoms with van der Waals surface area (Å²) >= 11 is 0. The van der Waals surface area contributed by atoms with Gasteiger partial charge in [0.05, 0.1) is 12.3 Å². The number of aryl methyl sites for hydroxylation is 2. The molecule has 0 aliphatic carbocycles. The third kappa shape index (κ3) is 8.77. The lowest BCUT2D eigenvalue weighted by Crippen LogP contribution is -2.22. The molecule has 0 radical (unpaired) electrons. The minimum Gasteiger partial charge on any atom is -0.450 e. The van der Waals surface area contributed by atoms with E-state index in [-0.39, 0.29) is 11.2 Å². The molecule has 0 spiro atoms. The molecule has 0 aliphatic rings. The van der Waals surface area contributed by atoms with Crippen LogP contribution in [0.5, 0.6) is 0 Å². The Hall–Kier alpha value is -3.79. The first-order chi connectivity index (χ1) is 17.1. The van der Waals surface area contributed by atoms with Gasteiger partial charge in [-0.05, 0) is 70.8 Å². The van der Waals surface area contributed by atoms with Crippen LogP contribution in [0.2, 0.25) is 0 Å². The van der Waals surface area contributed by atoms with Crippen LogP contribution in [-0.4, -0.2) is 54.6 Å². The summed E-state index contributed by atoms with van der Waals surface area (Å²) in [5.74, 6) is -1.37. The first-order valence-electron chi connectivity index (χ1n) is 11.6. The number of halogens is 2. The monoisotopic (exact) mass is 501 g/mol. The van der Waals surface area contributed by atoms with Crippen LogP contribution in [0.1, 0.15) is 19.4 Å². The molecule has 0 atom stereocenters. The van der Waals surface area contributed by atoms with Crippen LogP contribution in [0.15, 0.2) is 53.3 Å². The predicted molar refractivity (Wildman–Crippen MR) is 138 cm³/mol. The number of nitrogens with one attached hydrogen (secondary N) is 2. The minimum atomic E-state index is -0.685. The van der Waals surface area contributed by atoms with Gasteiger partial charge in [0.15, 0.2) is 0 Å². The van der Waals surface area contributed by atoms with E-state index in [1.807, 2.05) is 50.2 Å². The van der Waals surface area contributed by atoms with Crippen LogP contribution in [0.3, 0.4) is 0 Å². The molecule has 10 heteroatoms. The van der Waals surface area contributed by atoms with Gasteiger partial charge < -0.3 is 15.0 Å². The van der Waals surface area contributed by atoms with Crippen molar-refractivity contribution in [2.75, 3.05) is 44.4 Å². The van der Waals surface area contributed by atoms with Gasteiger partial charge in [-0.15, -0.1) is 0 Å². The highest BCUT2D eigenvalue weighted by molar-refractivity contribution is 5.84. The van der Waals surface area contributed by atoms with Crippen molar-refractivity contribution in [3.05, 3.63) is 76.1 Å². The van der Waals surface area contributed by atoms with Crippen LogP contribution >= 0.6 is 0 Å². The zero-order chi connectivity index (χ0) is 26.7. The molecular weight excluding hydrogens is 468 g/mol. The van der Waals surface area contributed by atoms with Crippen LogP contribution < -0.4 is 16.2 Å². The van der Waals surface area contributed by atoms with Gasteiger partial charge in [-0.3, -0.25) is 10.1 Å². The van der Waals surface area contributed by atoms with Crippen LogP contribution in [0, 0.1) is 18.6 Å². The number of hydrogen-bond acceptors (Lipinski definition) is 6. The summed E-state index contributed by atoms with van der Waals surface area (Å²) in [6, 6.07) is 12.8. The lowest BCUT2D eigenvalue weighted by Gasteiger charge is -2.13. The largest absolute Gasteiger partial charge is 0.450 e. The number of amides is 1. The zero-order valence-electron chi connectivity index (χ0n) is 21.3. The van der Waals surface area contributed by atoms with E-state index in [0.29, 0.717) is 37.5 Å². The quantitative estimate of drug-likeness (QED) is 0.463. The van der Waals surface area contributed by atoms with Gasteiger partial charge in [-0.1, -0.05) is 12.1 Å². The third-order valence-corrected chi connectivity index (χ3v) is 4.90. The topological polar surface area (TPSA) is 88.5 Å². The molecule has 0 fully saturated rings. The number of benzene rings is 2. The maximum atomic E-state index is 14.2. The summed E-state index contributed by atoms with van der Waals surface area (Å²) in [6.45, 7) is 7.38. The van der Waals surface area contributed by atoms with Gasteiger partial charge in [0.2, 0.25) is 0 Å². The SMILES string of the molecule is CCOC(=O)Nc1cccc(C)c1.CCn1nc(-c2cc(F)c(NCCN(C)C)c(F)c2)ccc1=O. The Morgan fingerprint density at radius 1 is 1.08 bits per heavy atom. The summed E-state index contributed by atoms with van der Waals surface area (Å²) in [5.41, 5.74) is 2.11. The third-order valence-electron chi connectivity index (χ3n) is 4.90. The number of likely N-dealkylation sites (N-methyl/N-ethyl adjacent to an activating group) is 1. The molecule has 0 unspecified atom stereocenters. The highest BCUT2D eigenvalue weighted by Crippen LogP contribution is 2.26. The normalized spacial score (nSPS) is 10.4. The Kier molecular flexibility index (Phi) is 11.0. The fraction of sp³-hybridized carbons (Fsp3) is 0.346. The Morgan fingerprint density at radius 3 is 2.36 bits per heavy atom. The standard InChI is InChI=1S/C16H20F2N4O.C10H13NO2/c1-4-22-15(23)6-5-14(20-22)11-9-12(17)16(13(18)10-11)19-7-8-21(2)3;1-3-13-10(12)11-9-6-4-5-8(2)7-9/h5-6,9-10,19H,4,7-8H2,1-3H3;4-7H,3H2,1-2H3,(H,11,12). The highest BCUT2D eigenvalue weighted by atomic mass is 19.1. The van der Waals surface area contributed by atoms with Crippen molar-refractivity contribution in [2.45, 2.75) is 27.3 Å². The molecule has 1 aromatic heterocycles. The molecule has 3 aromatic rings. The van der Waals surface area contributed by atoms with Gasteiger partial charge in [0.1, 0.15) is 17.3 Å². The van der Waals surface area contributed by atoms with Crippen molar-refractivity contribution in [3.8, 4) is 11.3 Å². The summed E-state index contributed by atoms with van der Waals surface area (Å²) in [4.78, 5) is 24.4. The molecule has 0 saturated carbocycles. The second-order valence-electron chi connectivity index (χ2n) is 8.13. The molecule has 2 N–H and O–H groups in total. The molecule has 2 aromatic carbocycles. The van der Waals surface area contributed by atoms with Gasteiger partial charge >= 0.3 is 6.09 Å². The van der Waals surface area contributed by atoms with E-state index in [2.05, 4.69) is 15.7 Å². The smallest absolute Gasteiger partial charge is 0.411 e. The van der Waals surface area contributed by atoms with Crippen molar-refractivity contribution in [3.63, 3.8) is 0 Å². The molecular formula is C26H33F2N5O3. The molecule has 194 valence electrons. The van der Waals surface area contributed by atoms with Gasteiger partial charge in [-0.25, -0.2) is 18.3 Å². The predicted octanol–water partition coefficient (Wildman–Crippen LogP) is 4.75. The maximum absolute atomic E-state index is 14.2. The molecule has 36 heavy (non-hydrogen) atoms. The fourth-order valence-electron chi connectivity index (χ4n) is 3.13. The Labute approximate surface area is 209 Å². The average molecular weight is 502 g/mol. The van der Waals surface area contributed by atoms with Gasteiger partial charge in [0.25, 0.3) is 5.56 Å². The maximum Gasteiger partial charge on any atom is 0.411 e. The number of carbonyl (C=O) groups is 1. The number of rotatable bonds is 8. The number of aromatic nitrogens is 2. The number of nitrogens with zero attached hydrogens (tertiary/aromatic N) is 3. The second kappa shape index (κ2) is 13.9. The molecule has 1 amide bonds. The van der Waals surface area contributed by atoms with Crippen molar-refractivity contribution < 1.29 is 18.3 Å². The Balaban J connectivity index is 0.000000297. The summed E-state index contributed by atoms with van der Waals surface area (Å²) in [5, 5.41) is 9.48. The van der Waals surface area contributed by atoms with Crippen molar-refractivity contribution in [1.29, 1.82) is 0 Å². The molecule has 3 rings (SSSR count). The lowest BCUT2D eigenvalue weighted by atomic mass is 10.1. The van der Waals surface area contributed by atoms with Crippen molar-refractivity contribution in [2.24, 2.45) is 0 Å².